The minimum atomic E-state index is 0.0781. The zero-order chi connectivity index (χ0) is 10.2. The number of nitrogens with zero attached hydrogens (tertiary/aromatic N) is 1. The molecule has 14 heavy (non-hydrogen) atoms. The molecule has 0 atom stereocenters. The fraction of sp³-hybridized carbons (Fsp3) is 0.0909. The highest BCUT2D eigenvalue weighted by Gasteiger charge is 1.81. The Morgan fingerprint density at radius 3 is 2.71 bits per heavy atom. The Bertz CT molecular complexity index is 339. The molecule has 1 aromatic rings. The van der Waals surface area contributed by atoms with Gasteiger partial charge in [-0.05, 0) is 11.6 Å². The van der Waals surface area contributed by atoms with Crippen LogP contribution in [-0.4, -0.2) is 18.6 Å². The maximum Gasteiger partial charge on any atom is 0.113 e. The van der Waals surface area contributed by atoms with E-state index >= 15 is 0 Å². The fourth-order valence-electron chi connectivity index (χ4n) is 0.930. The second-order valence-electron chi connectivity index (χ2n) is 2.78. The molecule has 1 rings (SSSR count). The Morgan fingerprint density at radius 2 is 2.07 bits per heavy atom. The van der Waals surface area contributed by atoms with E-state index in [0.29, 0.717) is 0 Å². The molecule has 3 N–H and O–H groups in total. The number of amidine groups is 1. The topological polar surface area (TPSA) is 62.2 Å². The van der Waals surface area contributed by atoms with E-state index < -0.39 is 0 Å². The summed E-state index contributed by atoms with van der Waals surface area (Å²) in [6.07, 6.45) is 5.43. The number of nitrogens with two attached hydrogens (primary N) is 1. The van der Waals surface area contributed by atoms with Crippen LogP contribution in [0, 0.1) is 5.41 Å². The lowest BCUT2D eigenvalue weighted by atomic mass is 10.2. The molecule has 0 unspecified atom stereocenters. The third-order valence-corrected chi connectivity index (χ3v) is 1.54. The Balaban J connectivity index is 2.42. The van der Waals surface area contributed by atoms with Gasteiger partial charge in [-0.25, -0.2) is 0 Å². The zero-order valence-electron chi connectivity index (χ0n) is 7.85. The molecule has 0 heterocycles. The van der Waals surface area contributed by atoms with Crippen molar-refractivity contribution in [2.75, 3.05) is 6.54 Å². The first-order valence-corrected chi connectivity index (χ1v) is 4.33. The molecule has 0 aliphatic heterocycles. The molecule has 72 valence electrons. The summed E-state index contributed by atoms with van der Waals surface area (Å²) < 4.78 is 0. The summed E-state index contributed by atoms with van der Waals surface area (Å²) in [5.74, 6) is 0.0781. The highest BCUT2D eigenvalue weighted by Crippen LogP contribution is 1.99. The van der Waals surface area contributed by atoms with E-state index in [2.05, 4.69) is 4.99 Å². The average molecular weight is 187 g/mol. The number of allylic oxidation sites excluding steroid dienone is 1. The molecule has 3 nitrogen and oxygen atoms in total. The van der Waals surface area contributed by atoms with E-state index in [1.165, 1.54) is 0 Å². The van der Waals surface area contributed by atoms with Crippen molar-refractivity contribution in [3.05, 3.63) is 42.0 Å². The van der Waals surface area contributed by atoms with Crippen LogP contribution < -0.4 is 5.73 Å². The van der Waals surface area contributed by atoms with Crippen molar-refractivity contribution in [1.82, 2.24) is 0 Å². The van der Waals surface area contributed by atoms with Crippen LogP contribution in [0.1, 0.15) is 5.56 Å². The van der Waals surface area contributed by atoms with Crippen LogP contribution in [0.15, 0.2) is 41.4 Å². The predicted molar refractivity (Wildman–Crippen MR) is 60.7 cm³/mol. The summed E-state index contributed by atoms with van der Waals surface area (Å²) in [7, 11) is 0. The Kier molecular flexibility index (Phi) is 4.14. The molecule has 0 spiro atoms. The van der Waals surface area contributed by atoms with Crippen molar-refractivity contribution in [2.24, 2.45) is 10.7 Å². The first-order chi connectivity index (χ1) is 6.79. The van der Waals surface area contributed by atoms with Gasteiger partial charge in [0.2, 0.25) is 0 Å². The van der Waals surface area contributed by atoms with Crippen molar-refractivity contribution in [3.63, 3.8) is 0 Å². The van der Waals surface area contributed by atoms with Gasteiger partial charge < -0.3 is 5.73 Å². The maximum atomic E-state index is 6.93. The van der Waals surface area contributed by atoms with Gasteiger partial charge in [-0.3, -0.25) is 10.4 Å². The highest BCUT2D eigenvalue weighted by molar-refractivity contribution is 5.83. The first-order valence-electron chi connectivity index (χ1n) is 4.33. The minimum Gasteiger partial charge on any atom is -0.386 e. The van der Waals surface area contributed by atoms with Crippen molar-refractivity contribution < 1.29 is 0 Å². The van der Waals surface area contributed by atoms with Gasteiger partial charge in [-0.2, -0.15) is 0 Å². The number of hydrogen-bond donors (Lipinski definition) is 2. The number of benzene rings is 1. The van der Waals surface area contributed by atoms with Crippen molar-refractivity contribution >= 4 is 18.1 Å². The SMILES string of the molecule is N=C(N)CN=C/C=C/c1ccccc1. The van der Waals surface area contributed by atoms with Gasteiger partial charge in [0, 0.05) is 6.21 Å². The number of rotatable bonds is 4. The molecule has 0 aromatic heterocycles. The molecule has 0 fully saturated rings. The van der Waals surface area contributed by atoms with E-state index in [9.17, 15) is 0 Å². The largest absolute Gasteiger partial charge is 0.386 e. The van der Waals surface area contributed by atoms with Gasteiger partial charge in [0.15, 0.2) is 0 Å². The van der Waals surface area contributed by atoms with Gasteiger partial charge in [0.25, 0.3) is 0 Å². The summed E-state index contributed by atoms with van der Waals surface area (Å²) in [6, 6.07) is 9.95. The summed E-state index contributed by atoms with van der Waals surface area (Å²) in [5, 5.41) is 6.93. The number of aliphatic imine (C=N–C) groups is 1. The second-order valence-corrected chi connectivity index (χ2v) is 2.78. The maximum absolute atomic E-state index is 6.93. The molecular weight excluding hydrogens is 174 g/mol. The van der Waals surface area contributed by atoms with Gasteiger partial charge in [0.05, 0.1) is 6.54 Å². The third kappa shape index (κ3) is 4.21. The highest BCUT2D eigenvalue weighted by atomic mass is 14.8. The van der Waals surface area contributed by atoms with Gasteiger partial charge in [-0.15, -0.1) is 0 Å². The van der Waals surface area contributed by atoms with Gasteiger partial charge in [0.1, 0.15) is 5.84 Å². The molecule has 0 amide bonds. The van der Waals surface area contributed by atoms with E-state index in [1.807, 2.05) is 42.5 Å². The standard InChI is InChI=1S/C11H13N3/c12-11(13)9-14-8-4-7-10-5-2-1-3-6-10/h1-8H,9H2,(H3,12,13)/b7-4+,14-8?. The quantitative estimate of drug-likeness (QED) is 0.547. The first kappa shape index (κ1) is 10.2. The Hall–Kier alpha value is -1.90. The van der Waals surface area contributed by atoms with Crippen molar-refractivity contribution in [2.45, 2.75) is 0 Å². The van der Waals surface area contributed by atoms with E-state index in [1.54, 1.807) is 6.21 Å². The Morgan fingerprint density at radius 1 is 1.36 bits per heavy atom. The third-order valence-electron chi connectivity index (χ3n) is 1.54. The minimum absolute atomic E-state index is 0.0781. The van der Waals surface area contributed by atoms with Crippen LogP contribution in [0.3, 0.4) is 0 Å². The molecular formula is C11H13N3. The van der Waals surface area contributed by atoms with Crippen LogP contribution in [0.4, 0.5) is 0 Å². The van der Waals surface area contributed by atoms with E-state index in [0.717, 1.165) is 5.56 Å². The second kappa shape index (κ2) is 5.70. The molecule has 0 bridgehead atoms. The van der Waals surface area contributed by atoms with Crippen LogP contribution in [0.5, 0.6) is 0 Å². The molecule has 1 aromatic carbocycles. The van der Waals surface area contributed by atoms with Gasteiger partial charge in [-0.1, -0.05) is 36.4 Å². The van der Waals surface area contributed by atoms with Gasteiger partial charge >= 0.3 is 0 Å². The summed E-state index contributed by atoms with van der Waals surface area (Å²) in [5.41, 5.74) is 6.26. The fourth-order valence-corrected chi connectivity index (χ4v) is 0.930. The average Bonchev–Trinajstić information content (AvgIpc) is 2.18. The van der Waals surface area contributed by atoms with Crippen molar-refractivity contribution in [3.8, 4) is 0 Å². The molecule has 0 aliphatic rings. The van der Waals surface area contributed by atoms with Crippen LogP contribution in [-0.2, 0) is 0 Å². The smallest absolute Gasteiger partial charge is 0.113 e. The summed E-state index contributed by atoms with van der Waals surface area (Å²) in [6.45, 7) is 0.263. The van der Waals surface area contributed by atoms with Crippen molar-refractivity contribution in [1.29, 1.82) is 5.41 Å². The molecule has 0 saturated heterocycles. The molecule has 0 radical (unpaired) electrons. The number of nitrogens with one attached hydrogen (secondary N) is 1. The lowest BCUT2D eigenvalue weighted by molar-refractivity contribution is 1.24. The lowest BCUT2D eigenvalue weighted by Gasteiger charge is -1.89. The Labute approximate surface area is 83.5 Å². The summed E-state index contributed by atoms with van der Waals surface area (Å²) >= 11 is 0. The molecule has 3 heteroatoms. The lowest BCUT2D eigenvalue weighted by Crippen LogP contribution is -2.12. The normalized spacial score (nSPS) is 11.1. The summed E-state index contributed by atoms with van der Waals surface area (Å²) in [4.78, 5) is 3.92. The van der Waals surface area contributed by atoms with Crippen LogP contribution >= 0.6 is 0 Å². The zero-order valence-corrected chi connectivity index (χ0v) is 7.85. The van der Waals surface area contributed by atoms with E-state index in [4.69, 9.17) is 11.1 Å². The predicted octanol–water partition coefficient (Wildman–Crippen LogP) is 1.71. The van der Waals surface area contributed by atoms with Crippen LogP contribution in [0.25, 0.3) is 6.08 Å². The molecule has 0 saturated carbocycles. The monoisotopic (exact) mass is 187 g/mol. The van der Waals surface area contributed by atoms with E-state index in [-0.39, 0.29) is 12.4 Å². The molecule has 0 aliphatic carbocycles. The van der Waals surface area contributed by atoms with Crippen LogP contribution in [0.2, 0.25) is 0 Å². The number of hydrogen-bond acceptors (Lipinski definition) is 2.